The van der Waals surface area contributed by atoms with E-state index >= 15 is 0 Å². The second-order valence-corrected chi connectivity index (χ2v) is 3.10. The molecule has 0 aliphatic rings. The molecule has 0 radical (unpaired) electrons. The second-order valence-electron chi connectivity index (χ2n) is 3.10. The van der Waals surface area contributed by atoms with Crippen molar-refractivity contribution in [1.82, 2.24) is 4.90 Å². The lowest BCUT2D eigenvalue weighted by molar-refractivity contribution is 0.223. The van der Waals surface area contributed by atoms with E-state index in [-0.39, 0.29) is 6.61 Å². The first-order chi connectivity index (χ1) is 6.63. The van der Waals surface area contributed by atoms with Gasteiger partial charge in [0.15, 0.2) is 0 Å². The number of rotatable bonds is 6. The quantitative estimate of drug-likeness (QED) is 0.321. The molecule has 0 atom stereocenters. The van der Waals surface area contributed by atoms with E-state index in [4.69, 9.17) is 15.5 Å². The molecule has 0 bridgehead atoms. The summed E-state index contributed by atoms with van der Waals surface area (Å²) in [6.45, 7) is 4.68. The Hall–Kier alpha value is -1.14. The van der Waals surface area contributed by atoms with E-state index in [2.05, 4.69) is 10.3 Å². The normalized spacial score (nSPS) is 13.7. The first kappa shape index (κ1) is 12.9. The van der Waals surface area contributed by atoms with Crippen LogP contribution in [0.25, 0.3) is 0 Å². The van der Waals surface area contributed by atoms with Gasteiger partial charge in [0.25, 0.3) is 0 Å². The van der Waals surface area contributed by atoms with Crippen LogP contribution in [-0.2, 0) is 0 Å². The summed E-state index contributed by atoms with van der Waals surface area (Å²) in [5.41, 5.74) is 1.09. The number of oxime groups is 2. The van der Waals surface area contributed by atoms with Crippen LogP contribution in [0.5, 0.6) is 0 Å². The van der Waals surface area contributed by atoms with E-state index in [9.17, 15) is 0 Å². The van der Waals surface area contributed by atoms with Gasteiger partial charge in [-0.1, -0.05) is 10.3 Å². The van der Waals surface area contributed by atoms with E-state index in [1.54, 1.807) is 13.8 Å². The highest BCUT2D eigenvalue weighted by Crippen LogP contribution is 1.91. The van der Waals surface area contributed by atoms with Gasteiger partial charge in [0, 0.05) is 19.6 Å². The maximum Gasteiger partial charge on any atom is 0.0680 e. The molecule has 0 rings (SSSR count). The predicted octanol–water partition coefficient (Wildman–Crippen LogP) is -0.0191. The Balaban J connectivity index is 4.15. The summed E-state index contributed by atoms with van der Waals surface area (Å²) in [6, 6.07) is 0. The van der Waals surface area contributed by atoms with Gasteiger partial charge in [0.2, 0.25) is 0 Å². The highest BCUT2D eigenvalue weighted by Gasteiger charge is 2.07. The van der Waals surface area contributed by atoms with Gasteiger partial charge < -0.3 is 15.5 Å². The summed E-state index contributed by atoms with van der Waals surface area (Å²) in [4.78, 5) is 1.81. The van der Waals surface area contributed by atoms with Crippen molar-refractivity contribution in [3.63, 3.8) is 0 Å². The molecule has 82 valence electrons. The minimum Gasteiger partial charge on any atom is -0.411 e. The largest absolute Gasteiger partial charge is 0.411 e. The van der Waals surface area contributed by atoms with E-state index < -0.39 is 0 Å². The van der Waals surface area contributed by atoms with Gasteiger partial charge in [-0.3, -0.25) is 4.90 Å². The van der Waals surface area contributed by atoms with Gasteiger partial charge >= 0.3 is 0 Å². The van der Waals surface area contributed by atoms with Crippen LogP contribution in [-0.4, -0.2) is 58.1 Å². The molecule has 0 saturated heterocycles. The number of hydrogen-bond donors (Lipinski definition) is 3. The fourth-order valence-corrected chi connectivity index (χ4v) is 1.07. The highest BCUT2D eigenvalue weighted by molar-refractivity contribution is 5.86. The molecule has 0 spiro atoms. The third-order valence-corrected chi connectivity index (χ3v) is 1.66. The van der Waals surface area contributed by atoms with Crippen molar-refractivity contribution in [2.24, 2.45) is 10.3 Å². The SMILES string of the molecule is C/C(CN(CCO)C/C(C)=N/O)=N\O. The zero-order chi connectivity index (χ0) is 11.0. The molecule has 0 unspecified atom stereocenters. The zero-order valence-corrected chi connectivity index (χ0v) is 8.51. The summed E-state index contributed by atoms with van der Waals surface area (Å²) in [6.07, 6.45) is 0. The Morgan fingerprint density at radius 3 is 1.79 bits per heavy atom. The first-order valence-corrected chi connectivity index (χ1v) is 4.32. The summed E-state index contributed by atoms with van der Waals surface area (Å²) in [5.74, 6) is 0. The molecule has 0 aromatic carbocycles. The number of aliphatic hydroxyl groups is 1. The average Bonchev–Trinajstić information content (AvgIpc) is 2.17. The van der Waals surface area contributed by atoms with Crippen LogP contribution in [0.15, 0.2) is 10.3 Å². The molecule has 0 aliphatic carbocycles. The van der Waals surface area contributed by atoms with Crippen LogP contribution in [0, 0.1) is 0 Å². The maximum absolute atomic E-state index is 8.76. The van der Waals surface area contributed by atoms with Crippen LogP contribution in [0.4, 0.5) is 0 Å². The molecule has 0 fully saturated rings. The molecule has 0 aliphatic heterocycles. The second kappa shape index (κ2) is 7.28. The van der Waals surface area contributed by atoms with Crippen molar-refractivity contribution in [3.05, 3.63) is 0 Å². The van der Waals surface area contributed by atoms with Crippen molar-refractivity contribution in [1.29, 1.82) is 0 Å². The van der Waals surface area contributed by atoms with Crippen LogP contribution in [0.1, 0.15) is 13.8 Å². The van der Waals surface area contributed by atoms with E-state index in [0.717, 1.165) is 0 Å². The molecular formula is C8H17N3O3. The lowest BCUT2D eigenvalue weighted by Gasteiger charge is -2.19. The lowest BCUT2D eigenvalue weighted by Crippen LogP contribution is -2.35. The number of nitrogens with zero attached hydrogens (tertiary/aromatic N) is 3. The van der Waals surface area contributed by atoms with Gasteiger partial charge in [-0.15, -0.1) is 0 Å². The Morgan fingerprint density at radius 1 is 1.07 bits per heavy atom. The maximum atomic E-state index is 8.76. The van der Waals surface area contributed by atoms with Crippen molar-refractivity contribution in [2.45, 2.75) is 13.8 Å². The lowest BCUT2D eigenvalue weighted by atomic mass is 10.3. The molecule has 0 aromatic rings. The monoisotopic (exact) mass is 203 g/mol. The van der Waals surface area contributed by atoms with Crippen molar-refractivity contribution in [3.8, 4) is 0 Å². The summed E-state index contributed by atoms with van der Waals surface area (Å²) >= 11 is 0. The standard InChI is InChI=1S/C8H17N3O3/c1-7(9-13)5-11(3-4-12)6-8(2)10-14/h12-14H,3-6H2,1-2H3/b9-7+,10-8+. The van der Waals surface area contributed by atoms with Gasteiger partial charge in [-0.25, -0.2) is 0 Å². The predicted molar refractivity (Wildman–Crippen MR) is 53.3 cm³/mol. The molecule has 0 aromatic heterocycles. The molecule has 6 heteroatoms. The molecule has 6 nitrogen and oxygen atoms in total. The van der Waals surface area contributed by atoms with Crippen LogP contribution >= 0.6 is 0 Å². The molecule has 0 amide bonds. The Bertz CT molecular complexity index is 196. The number of hydrogen-bond acceptors (Lipinski definition) is 6. The summed E-state index contributed by atoms with van der Waals surface area (Å²) < 4.78 is 0. The van der Waals surface area contributed by atoms with Crippen LogP contribution in [0.2, 0.25) is 0 Å². The average molecular weight is 203 g/mol. The van der Waals surface area contributed by atoms with Crippen molar-refractivity contribution < 1.29 is 15.5 Å². The topological polar surface area (TPSA) is 88.7 Å². The molecule has 0 heterocycles. The van der Waals surface area contributed by atoms with Crippen LogP contribution < -0.4 is 0 Å². The Morgan fingerprint density at radius 2 is 1.50 bits per heavy atom. The number of aliphatic hydroxyl groups excluding tert-OH is 1. The smallest absolute Gasteiger partial charge is 0.0680 e. The van der Waals surface area contributed by atoms with E-state index in [1.807, 2.05) is 4.90 Å². The summed E-state index contributed by atoms with van der Waals surface area (Å²) in [5, 5.41) is 31.8. The fraction of sp³-hybridized carbons (Fsp3) is 0.750. The van der Waals surface area contributed by atoms with Crippen molar-refractivity contribution >= 4 is 11.4 Å². The van der Waals surface area contributed by atoms with Crippen LogP contribution in [0.3, 0.4) is 0 Å². The molecule has 14 heavy (non-hydrogen) atoms. The van der Waals surface area contributed by atoms with E-state index in [0.29, 0.717) is 31.1 Å². The fourth-order valence-electron chi connectivity index (χ4n) is 1.07. The zero-order valence-electron chi connectivity index (χ0n) is 8.51. The molecule has 3 N–H and O–H groups in total. The van der Waals surface area contributed by atoms with Gasteiger partial charge in [0.05, 0.1) is 18.0 Å². The first-order valence-electron chi connectivity index (χ1n) is 4.32. The van der Waals surface area contributed by atoms with E-state index in [1.165, 1.54) is 0 Å². The minimum absolute atomic E-state index is 0.0113. The third-order valence-electron chi connectivity index (χ3n) is 1.66. The van der Waals surface area contributed by atoms with Gasteiger partial charge in [0.1, 0.15) is 0 Å². The Labute approximate surface area is 83.1 Å². The van der Waals surface area contributed by atoms with Gasteiger partial charge in [-0.05, 0) is 13.8 Å². The minimum atomic E-state index is 0.0113. The van der Waals surface area contributed by atoms with Gasteiger partial charge in [-0.2, -0.15) is 0 Å². The third kappa shape index (κ3) is 5.50. The van der Waals surface area contributed by atoms with Crippen molar-refractivity contribution in [2.75, 3.05) is 26.2 Å². The molecule has 0 saturated carbocycles. The summed E-state index contributed by atoms with van der Waals surface area (Å²) in [7, 11) is 0. The molecular weight excluding hydrogens is 186 g/mol. The highest BCUT2D eigenvalue weighted by atomic mass is 16.4. The Kier molecular flexibility index (Phi) is 6.69.